The van der Waals surface area contributed by atoms with E-state index in [2.05, 4.69) is 60.4 Å². The Morgan fingerprint density at radius 2 is 1.68 bits per heavy atom. The Kier molecular flexibility index (Phi) is 9.24. The van der Waals surface area contributed by atoms with Gasteiger partial charge in [-0.2, -0.15) is 0 Å². The molecule has 2 aliphatic rings. The Labute approximate surface area is 220 Å². The number of rotatable bonds is 7. The Hall–Kier alpha value is -1.84. The number of H-pyrrole nitrogens is 1. The monoisotopic (exact) mass is 554 g/mol. The van der Waals surface area contributed by atoms with Crippen molar-refractivity contribution in [1.82, 2.24) is 9.55 Å². The summed E-state index contributed by atoms with van der Waals surface area (Å²) in [5.41, 5.74) is -0.286. The second-order valence-corrected chi connectivity index (χ2v) is 19.8. The number of carbonyl (C=O) groups excluding carboxylic acids is 1. The molecule has 0 bridgehead atoms. The molecular weight excluding hydrogens is 512 g/mol. The van der Waals surface area contributed by atoms with Crippen LogP contribution in [0.15, 0.2) is 33.5 Å². The van der Waals surface area contributed by atoms with Crippen molar-refractivity contribution in [3.05, 3.63) is 44.8 Å². The molecule has 12 heteroatoms. The second-order valence-electron chi connectivity index (χ2n) is 11.0. The average Bonchev–Trinajstić information content (AvgIpc) is 3.09. The van der Waals surface area contributed by atoms with Crippen LogP contribution >= 0.6 is 0 Å². The molecule has 2 fully saturated rings. The zero-order valence-electron chi connectivity index (χ0n) is 23.4. The van der Waals surface area contributed by atoms with Gasteiger partial charge >= 0.3 is 28.8 Å². The molecule has 0 aromatic carbocycles. The van der Waals surface area contributed by atoms with E-state index >= 15 is 0 Å². The van der Waals surface area contributed by atoms with Crippen LogP contribution in [0.1, 0.15) is 68.5 Å². The lowest BCUT2D eigenvalue weighted by Gasteiger charge is -2.51. The van der Waals surface area contributed by atoms with Crippen LogP contribution in [0.25, 0.3) is 0 Å². The third-order valence-corrected chi connectivity index (χ3v) is 17.5. The molecule has 0 unspecified atom stereocenters. The van der Waals surface area contributed by atoms with Gasteiger partial charge in [0.25, 0.3) is 5.56 Å². The normalized spacial score (nSPS) is 26.5. The molecule has 0 radical (unpaired) electrons. The average molecular weight is 555 g/mol. The molecule has 2 saturated heterocycles. The fourth-order valence-corrected chi connectivity index (χ4v) is 16.6. The van der Waals surface area contributed by atoms with Crippen molar-refractivity contribution < 1.29 is 27.2 Å². The minimum atomic E-state index is -3.01. The molecule has 37 heavy (non-hydrogen) atoms. The van der Waals surface area contributed by atoms with Gasteiger partial charge in [0.1, 0.15) is 12.2 Å². The largest absolute Gasteiger partial charge is 0.463 e. The number of aromatic amines is 1. The summed E-state index contributed by atoms with van der Waals surface area (Å²) in [5, 5.41) is 0. The van der Waals surface area contributed by atoms with Crippen LogP contribution in [-0.2, 0) is 27.2 Å². The molecule has 0 aliphatic carbocycles. The van der Waals surface area contributed by atoms with Crippen LogP contribution < -0.4 is 11.2 Å². The summed E-state index contributed by atoms with van der Waals surface area (Å²) >= 11 is 0. The standard InChI is InChI=1S/C25H42N2O8Si2/c1-10-31-22(29)13-19-23-20(33-24(19)27-12-11-21(28)26-25(27)30)14-32-36(15(2)3,16(4)5)35-37(34-23,17(6)7)18(8)9/h11-13,15-18,20,23-24H,10,14H2,1-9H3,(H,26,28,30)/t20-,23+,24-/m1/s1. The van der Waals surface area contributed by atoms with Crippen LogP contribution in [0.4, 0.5) is 0 Å². The van der Waals surface area contributed by atoms with E-state index in [-0.39, 0.29) is 35.4 Å². The van der Waals surface area contributed by atoms with Gasteiger partial charge in [0, 0.05) is 23.9 Å². The van der Waals surface area contributed by atoms with Gasteiger partial charge in [-0.1, -0.05) is 55.4 Å². The van der Waals surface area contributed by atoms with Crippen LogP contribution in [-0.4, -0.2) is 58.1 Å². The molecule has 1 aromatic rings. The molecule has 1 aromatic heterocycles. The van der Waals surface area contributed by atoms with E-state index in [9.17, 15) is 14.4 Å². The van der Waals surface area contributed by atoms with E-state index < -0.39 is 52.8 Å². The predicted octanol–water partition coefficient (Wildman–Crippen LogP) is 3.88. The first kappa shape index (κ1) is 29.7. The number of aromatic nitrogens is 2. The maximum Gasteiger partial charge on any atom is 0.335 e. The van der Waals surface area contributed by atoms with Crippen molar-refractivity contribution in [2.24, 2.45) is 0 Å². The highest BCUT2D eigenvalue weighted by molar-refractivity contribution is 6.84. The van der Waals surface area contributed by atoms with Crippen molar-refractivity contribution in [3.63, 3.8) is 0 Å². The molecule has 0 spiro atoms. The number of carbonyl (C=O) groups is 1. The minimum Gasteiger partial charge on any atom is -0.463 e. The van der Waals surface area contributed by atoms with Gasteiger partial charge in [-0.15, -0.1) is 0 Å². The summed E-state index contributed by atoms with van der Waals surface area (Å²) in [6, 6.07) is 1.24. The molecule has 3 rings (SSSR count). The molecule has 0 saturated carbocycles. The number of hydrogen-bond donors (Lipinski definition) is 1. The fraction of sp³-hybridized carbons (Fsp3) is 0.720. The van der Waals surface area contributed by atoms with E-state index in [0.29, 0.717) is 5.57 Å². The number of nitrogens with zero attached hydrogens (tertiary/aromatic N) is 1. The topological polar surface area (TPSA) is 118 Å². The smallest absolute Gasteiger partial charge is 0.335 e. The predicted molar refractivity (Wildman–Crippen MR) is 144 cm³/mol. The van der Waals surface area contributed by atoms with Crippen molar-refractivity contribution in [2.45, 2.75) is 103 Å². The van der Waals surface area contributed by atoms with E-state index in [1.54, 1.807) is 6.92 Å². The number of esters is 1. The summed E-state index contributed by atoms with van der Waals surface area (Å²) < 4.78 is 33.9. The zero-order valence-corrected chi connectivity index (χ0v) is 25.4. The van der Waals surface area contributed by atoms with Crippen molar-refractivity contribution in [2.75, 3.05) is 13.2 Å². The first-order valence-electron chi connectivity index (χ1n) is 13.2. The lowest BCUT2D eigenvalue weighted by atomic mass is 10.1. The number of fused-ring (bicyclic) bond motifs is 1. The van der Waals surface area contributed by atoms with E-state index in [4.69, 9.17) is 22.4 Å². The van der Waals surface area contributed by atoms with Gasteiger partial charge in [-0.25, -0.2) is 9.59 Å². The van der Waals surface area contributed by atoms with Crippen LogP contribution in [0.2, 0.25) is 22.2 Å². The van der Waals surface area contributed by atoms with Crippen molar-refractivity contribution in [3.8, 4) is 0 Å². The fourth-order valence-electron chi connectivity index (χ4n) is 5.38. The highest BCUT2D eigenvalue weighted by Gasteiger charge is 2.61. The van der Waals surface area contributed by atoms with Crippen molar-refractivity contribution >= 4 is 23.1 Å². The van der Waals surface area contributed by atoms with Crippen LogP contribution in [0, 0.1) is 0 Å². The molecule has 208 valence electrons. The third-order valence-electron chi connectivity index (χ3n) is 7.25. The number of nitrogens with one attached hydrogen (secondary N) is 1. The van der Waals surface area contributed by atoms with Gasteiger partial charge in [0.05, 0.1) is 13.2 Å². The summed E-state index contributed by atoms with van der Waals surface area (Å²) in [7, 11) is -5.81. The lowest BCUT2D eigenvalue weighted by molar-refractivity contribution is -0.137. The first-order chi connectivity index (χ1) is 17.3. The number of hydrogen-bond acceptors (Lipinski definition) is 8. The number of ether oxygens (including phenoxy) is 2. The molecule has 3 heterocycles. The van der Waals surface area contributed by atoms with Crippen molar-refractivity contribution in [1.29, 1.82) is 0 Å². The Balaban J connectivity index is 2.22. The Morgan fingerprint density at radius 1 is 1.08 bits per heavy atom. The quantitative estimate of drug-likeness (QED) is 0.307. The van der Waals surface area contributed by atoms with E-state index in [0.717, 1.165) is 0 Å². The van der Waals surface area contributed by atoms with E-state index in [1.165, 1.54) is 22.9 Å². The molecule has 3 atom stereocenters. The maximum atomic E-state index is 12.8. The summed E-state index contributed by atoms with van der Waals surface area (Å²) in [6.45, 7) is 19.1. The summed E-state index contributed by atoms with van der Waals surface area (Å²) in [4.78, 5) is 39.4. The minimum absolute atomic E-state index is 0.0675. The third kappa shape index (κ3) is 5.64. The highest BCUT2D eigenvalue weighted by Crippen LogP contribution is 2.49. The Bertz CT molecular complexity index is 1090. The zero-order chi connectivity index (χ0) is 27.7. The molecule has 10 nitrogen and oxygen atoms in total. The second kappa shape index (κ2) is 11.5. The molecule has 0 amide bonds. The summed E-state index contributed by atoms with van der Waals surface area (Å²) in [6.07, 6.45) is 0.426. The lowest BCUT2D eigenvalue weighted by Crippen LogP contribution is -2.65. The van der Waals surface area contributed by atoms with Gasteiger partial charge in [-0.05, 0) is 29.1 Å². The van der Waals surface area contributed by atoms with E-state index in [1.807, 2.05) is 0 Å². The van der Waals surface area contributed by atoms with Gasteiger partial charge in [0.2, 0.25) is 0 Å². The first-order valence-corrected chi connectivity index (χ1v) is 17.1. The maximum absolute atomic E-state index is 12.8. The van der Waals surface area contributed by atoms with Gasteiger partial charge in [0.15, 0.2) is 6.23 Å². The molecule has 1 N–H and O–H groups in total. The Morgan fingerprint density at radius 3 is 2.19 bits per heavy atom. The van der Waals surface area contributed by atoms with Crippen LogP contribution in [0.3, 0.4) is 0 Å². The van der Waals surface area contributed by atoms with Gasteiger partial charge < -0.3 is 22.4 Å². The highest BCUT2D eigenvalue weighted by atomic mass is 28.5. The van der Waals surface area contributed by atoms with Crippen LogP contribution in [0.5, 0.6) is 0 Å². The molecular formula is C25H42N2O8Si2. The summed E-state index contributed by atoms with van der Waals surface area (Å²) in [5.74, 6) is -0.564. The molecule has 2 aliphatic heterocycles. The van der Waals surface area contributed by atoms with Gasteiger partial charge in [-0.3, -0.25) is 14.3 Å². The SMILES string of the molecule is CCOC(=O)C=C1[C@H](n2ccc(=O)[nH]c2=O)O[C@@H]2CO[Si](C(C)C)(C(C)C)O[Si](C(C)C)(C(C)C)O[C@@H]12.